The summed E-state index contributed by atoms with van der Waals surface area (Å²) in [6.45, 7) is 4.65. The van der Waals surface area contributed by atoms with Gasteiger partial charge in [0.25, 0.3) is 0 Å². The molecule has 4 bridgehead atoms. The van der Waals surface area contributed by atoms with Gasteiger partial charge >= 0.3 is 0 Å². The van der Waals surface area contributed by atoms with Gasteiger partial charge in [0, 0.05) is 11.1 Å². The molecule has 2 nitrogen and oxygen atoms in total. The minimum atomic E-state index is 0.0869. The highest BCUT2D eigenvalue weighted by atomic mass is 31.0. The quantitative estimate of drug-likeness (QED) is 0.310. The summed E-state index contributed by atoms with van der Waals surface area (Å²) in [5.74, 6) is 5.40. The average Bonchev–Trinajstić information content (AvgIpc) is 3.48. The third kappa shape index (κ3) is 4.72. The molecule has 2 aromatic rings. The SMILES string of the molecule is PCC1(C2C(C(P)(C3CCCNC3)C3CCCNC3)=CC(c3ccccc3)=C2c2ccccc2)C2CC3CC(C2)CC1C3. The monoisotopic (exact) mass is 610 g/mol. The number of hydrogen-bond donors (Lipinski definition) is 2. The van der Waals surface area contributed by atoms with E-state index >= 15 is 0 Å². The highest BCUT2D eigenvalue weighted by Crippen LogP contribution is 2.71. The molecule has 228 valence electrons. The zero-order valence-corrected chi connectivity index (χ0v) is 28.3. The third-order valence-corrected chi connectivity index (χ3v) is 15.3. The summed E-state index contributed by atoms with van der Waals surface area (Å²) in [5, 5.41) is 7.85. The Bertz CT molecular complexity index is 1310. The first kappa shape index (κ1) is 29.1. The van der Waals surface area contributed by atoms with Gasteiger partial charge < -0.3 is 10.6 Å². The molecule has 2 saturated heterocycles. The van der Waals surface area contributed by atoms with Crippen molar-refractivity contribution in [2.45, 2.75) is 62.9 Å². The summed E-state index contributed by atoms with van der Waals surface area (Å²) in [5.41, 5.74) is 8.12. The predicted molar refractivity (Wildman–Crippen MR) is 189 cm³/mol. The molecular formula is C39H52N2P2. The zero-order valence-electron chi connectivity index (χ0n) is 25.9. The Morgan fingerprint density at radius 2 is 1.26 bits per heavy atom. The molecule has 5 atom stereocenters. The molecule has 5 unspecified atom stereocenters. The van der Waals surface area contributed by atoms with Crippen molar-refractivity contribution in [1.29, 1.82) is 0 Å². The van der Waals surface area contributed by atoms with Crippen LogP contribution in [0.15, 0.2) is 72.3 Å². The fraction of sp³-hybridized carbons (Fsp3) is 0.590. The topological polar surface area (TPSA) is 24.1 Å². The van der Waals surface area contributed by atoms with Crippen LogP contribution in [0.25, 0.3) is 11.1 Å². The van der Waals surface area contributed by atoms with Crippen molar-refractivity contribution in [3.63, 3.8) is 0 Å². The second kappa shape index (κ2) is 11.8. The van der Waals surface area contributed by atoms with E-state index in [9.17, 15) is 0 Å². The Hall–Kier alpha value is -1.30. The Labute approximate surface area is 265 Å². The van der Waals surface area contributed by atoms with Gasteiger partial charge in [-0.3, -0.25) is 0 Å². The van der Waals surface area contributed by atoms with Crippen molar-refractivity contribution in [3.05, 3.63) is 83.4 Å². The van der Waals surface area contributed by atoms with E-state index in [1.54, 1.807) is 11.1 Å². The molecule has 2 aromatic carbocycles. The molecular weight excluding hydrogens is 558 g/mol. The summed E-state index contributed by atoms with van der Waals surface area (Å²) in [6, 6.07) is 23.1. The molecule has 9 rings (SSSR count). The van der Waals surface area contributed by atoms with Gasteiger partial charge in [-0.25, -0.2) is 0 Å². The number of allylic oxidation sites excluding steroid dienone is 4. The Morgan fingerprint density at radius 3 is 1.74 bits per heavy atom. The van der Waals surface area contributed by atoms with Gasteiger partial charge in [0.1, 0.15) is 0 Å². The van der Waals surface area contributed by atoms with E-state index in [0.717, 1.165) is 36.8 Å². The molecule has 5 aliphatic carbocycles. The van der Waals surface area contributed by atoms with Crippen LogP contribution in [-0.4, -0.2) is 37.5 Å². The minimum Gasteiger partial charge on any atom is -0.316 e. The lowest BCUT2D eigenvalue weighted by Gasteiger charge is -2.65. The van der Waals surface area contributed by atoms with Crippen molar-refractivity contribution >= 4 is 29.6 Å². The molecule has 0 radical (unpaired) electrons. The summed E-state index contributed by atoms with van der Waals surface area (Å²) in [7, 11) is 7.04. The molecule has 43 heavy (non-hydrogen) atoms. The molecule has 4 saturated carbocycles. The van der Waals surface area contributed by atoms with Crippen LogP contribution in [0.4, 0.5) is 0 Å². The Balaban J connectivity index is 1.38. The van der Waals surface area contributed by atoms with Crippen molar-refractivity contribution in [2.75, 3.05) is 32.3 Å². The van der Waals surface area contributed by atoms with E-state index in [-0.39, 0.29) is 5.16 Å². The smallest absolute Gasteiger partial charge is 0.0146 e. The van der Waals surface area contributed by atoms with Crippen molar-refractivity contribution < 1.29 is 0 Å². The first-order valence-electron chi connectivity index (χ1n) is 17.6. The van der Waals surface area contributed by atoms with E-state index in [4.69, 9.17) is 0 Å². The number of hydrogen-bond acceptors (Lipinski definition) is 2. The summed E-state index contributed by atoms with van der Waals surface area (Å²) < 4.78 is 0. The van der Waals surface area contributed by atoms with Crippen LogP contribution < -0.4 is 10.6 Å². The van der Waals surface area contributed by atoms with Crippen LogP contribution in [0.5, 0.6) is 0 Å². The van der Waals surface area contributed by atoms with Crippen LogP contribution >= 0.6 is 18.5 Å². The zero-order chi connectivity index (χ0) is 29.0. The molecule has 7 aliphatic rings. The molecule has 2 aliphatic heterocycles. The lowest BCUT2D eigenvalue weighted by atomic mass is 9.41. The highest BCUT2D eigenvalue weighted by molar-refractivity contribution is 7.19. The maximum Gasteiger partial charge on any atom is 0.0146 e. The number of nitrogens with one attached hydrogen (secondary N) is 2. The van der Waals surface area contributed by atoms with E-state index in [2.05, 4.69) is 95.9 Å². The van der Waals surface area contributed by atoms with Crippen LogP contribution in [-0.2, 0) is 0 Å². The molecule has 0 spiro atoms. The van der Waals surface area contributed by atoms with Crippen LogP contribution in [0.3, 0.4) is 0 Å². The van der Waals surface area contributed by atoms with Gasteiger partial charge in [0.15, 0.2) is 0 Å². The van der Waals surface area contributed by atoms with Gasteiger partial charge in [-0.2, -0.15) is 0 Å². The van der Waals surface area contributed by atoms with Crippen molar-refractivity contribution in [2.24, 2.45) is 46.8 Å². The van der Waals surface area contributed by atoms with Gasteiger partial charge in [-0.15, -0.1) is 18.5 Å². The van der Waals surface area contributed by atoms with Crippen LogP contribution in [0.2, 0.25) is 0 Å². The average molecular weight is 611 g/mol. The van der Waals surface area contributed by atoms with Crippen LogP contribution in [0.1, 0.15) is 68.9 Å². The maximum absolute atomic E-state index is 3.88. The van der Waals surface area contributed by atoms with E-state index in [1.807, 2.05) is 0 Å². The summed E-state index contributed by atoms with van der Waals surface area (Å²) in [4.78, 5) is 0. The standard InChI is InChI=1S/C39H52N2P2/c42-25-38(32-18-26-17-27(20-32)21-33(38)19-26)37-35(39(43,30-13-7-15-40-23-30)31-14-8-16-41-24-31)22-34(28-9-3-1-4-10-28)36(37)29-11-5-2-6-12-29/h1-6,9-12,22,26-27,30-33,37,40-41H,7-8,13-21,23-25,42-43H2. The lowest BCUT2D eigenvalue weighted by Crippen LogP contribution is -2.60. The van der Waals surface area contributed by atoms with Gasteiger partial charge in [-0.1, -0.05) is 72.3 Å². The first-order valence-corrected chi connectivity index (χ1v) is 19.0. The second-order valence-corrected chi connectivity index (χ2v) is 16.6. The van der Waals surface area contributed by atoms with Crippen molar-refractivity contribution in [1.82, 2.24) is 10.6 Å². The van der Waals surface area contributed by atoms with Gasteiger partial charge in [0.2, 0.25) is 0 Å². The normalized spacial score (nSPS) is 38.7. The minimum absolute atomic E-state index is 0.0869. The summed E-state index contributed by atoms with van der Waals surface area (Å²) >= 11 is 0. The summed E-state index contributed by atoms with van der Waals surface area (Å²) in [6.07, 6.45) is 16.7. The van der Waals surface area contributed by atoms with Crippen molar-refractivity contribution in [3.8, 4) is 0 Å². The molecule has 4 heteroatoms. The largest absolute Gasteiger partial charge is 0.316 e. The predicted octanol–water partition coefficient (Wildman–Crippen LogP) is 8.08. The number of rotatable bonds is 7. The van der Waals surface area contributed by atoms with Gasteiger partial charge in [0.05, 0.1) is 0 Å². The Kier molecular flexibility index (Phi) is 8.00. The number of piperidine rings is 2. The highest BCUT2D eigenvalue weighted by Gasteiger charge is 2.63. The van der Waals surface area contributed by atoms with Crippen LogP contribution in [0, 0.1) is 46.8 Å². The first-order chi connectivity index (χ1) is 21.1. The second-order valence-electron chi connectivity index (χ2n) is 15.2. The van der Waals surface area contributed by atoms with E-state index < -0.39 is 0 Å². The molecule has 2 N–H and O–H groups in total. The Morgan fingerprint density at radius 1 is 0.721 bits per heavy atom. The fourth-order valence-corrected chi connectivity index (χ4v) is 13.4. The number of benzene rings is 2. The van der Waals surface area contributed by atoms with Gasteiger partial charge in [-0.05, 0) is 153 Å². The third-order valence-electron chi connectivity index (χ3n) is 13.4. The maximum atomic E-state index is 3.88. The van der Waals surface area contributed by atoms with E-state index in [1.165, 1.54) is 93.7 Å². The molecule has 0 amide bonds. The fourth-order valence-electron chi connectivity index (χ4n) is 11.7. The molecule has 2 heterocycles. The lowest BCUT2D eigenvalue weighted by molar-refractivity contribution is -0.110. The molecule has 0 aromatic heterocycles. The molecule has 6 fully saturated rings. The van der Waals surface area contributed by atoms with E-state index in [0.29, 0.717) is 23.2 Å².